The predicted molar refractivity (Wildman–Crippen MR) is 83.7 cm³/mol. The van der Waals surface area contributed by atoms with Crippen LogP contribution in [0.25, 0.3) is 0 Å². The molecule has 0 aliphatic rings. The summed E-state index contributed by atoms with van der Waals surface area (Å²) in [6.45, 7) is 4.59. The topological polar surface area (TPSA) is 38.7 Å². The van der Waals surface area contributed by atoms with Crippen molar-refractivity contribution in [2.24, 2.45) is 0 Å². The van der Waals surface area contributed by atoms with Gasteiger partial charge in [-0.1, -0.05) is 30.3 Å². The largest absolute Gasteiger partial charge is 0.496 e. The normalized spacial score (nSPS) is 12.2. The second-order valence-electron chi connectivity index (χ2n) is 5.27. The van der Waals surface area contributed by atoms with E-state index in [4.69, 9.17) is 9.47 Å². The molecule has 0 radical (unpaired) electrons. The summed E-state index contributed by atoms with van der Waals surface area (Å²) in [5.41, 5.74) is 4.90. The van der Waals surface area contributed by atoms with E-state index in [0.717, 1.165) is 33.6 Å². The quantitative estimate of drug-likeness (QED) is 0.913. The van der Waals surface area contributed by atoms with Crippen molar-refractivity contribution in [3.8, 4) is 5.75 Å². The van der Waals surface area contributed by atoms with Crippen molar-refractivity contribution in [1.82, 2.24) is 0 Å². The molecular formula is C18H22O3. The Balaban J connectivity index is 2.37. The number of hydrogen-bond donors (Lipinski definition) is 1. The van der Waals surface area contributed by atoms with Crippen LogP contribution < -0.4 is 4.74 Å². The van der Waals surface area contributed by atoms with E-state index >= 15 is 0 Å². The molecule has 1 unspecified atom stereocenters. The molecule has 21 heavy (non-hydrogen) atoms. The standard InChI is InChI=1S/C18H22O3/c1-12-9-13(2)17(16(10-12)21-4)18(19)15-7-5-14(6-8-15)11-20-3/h5-10,18-19H,11H2,1-4H3. The van der Waals surface area contributed by atoms with Gasteiger partial charge < -0.3 is 14.6 Å². The molecule has 112 valence electrons. The van der Waals surface area contributed by atoms with E-state index in [9.17, 15) is 5.11 Å². The first-order chi connectivity index (χ1) is 10.1. The molecule has 1 N–H and O–H groups in total. The lowest BCUT2D eigenvalue weighted by Gasteiger charge is -2.19. The van der Waals surface area contributed by atoms with Gasteiger partial charge in [0.25, 0.3) is 0 Å². The van der Waals surface area contributed by atoms with Crippen LogP contribution in [0.4, 0.5) is 0 Å². The van der Waals surface area contributed by atoms with E-state index in [0.29, 0.717) is 6.61 Å². The zero-order valence-corrected chi connectivity index (χ0v) is 13.0. The fourth-order valence-electron chi connectivity index (χ4n) is 2.59. The zero-order valence-electron chi connectivity index (χ0n) is 13.0. The van der Waals surface area contributed by atoms with Crippen LogP contribution in [0.5, 0.6) is 5.75 Å². The molecular weight excluding hydrogens is 264 g/mol. The Bertz CT molecular complexity index is 603. The first-order valence-electron chi connectivity index (χ1n) is 6.97. The summed E-state index contributed by atoms with van der Waals surface area (Å²) in [5, 5.41) is 10.7. The van der Waals surface area contributed by atoms with Crippen LogP contribution in [-0.4, -0.2) is 19.3 Å². The van der Waals surface area contributed by atoms with Crippen molar-refractivity contribution in [3.05, 3.63) is 64.2 Å². The van der Waals surface area contributed by atoms with Gasteiger partial charge in [-0.3, -0.25) is 0 Å². The van der Waals surface area contributed by atoms with Gasteiger partial charge in [0.05, 0.1) is 13.7 Å². The van der Waals surface area contributed by atoms with E-state index in [2.05, 4.69) is 6.07 Å². The Morgan fingerprint density at radius 2 is 1.71 bits per heavy atom. The molecule has 0 saturated heterocycles. The smallest absolute Gasteiger partial charge is 0.125 e. The summed E-state index contributed by atoms with van der Waals surface area (Å²) in [6.07, 6.45) is -0.697. The van der Waals surface area contributed by atoms with Gasteiger partial charge in [0.15, 0.2) is 0 Å². The van der Waals surface area contributed by atoms with Gasteiger partial charge in [0.1, 0.15) is 11.9 Å². The SMILES string of the molecule is COCc1ccc(C(O)c2c(C)cc(C)cc2OC)cc1. The lowest BCUT2D eigenvalue weighted by Crippen LogP contribution is -2.05. The van der Waals surface area contributed by atoms with Crippen molar-refractivity contribution >= 4 is 0 Å². The van der Waals surface area contributed by atoms with Gasteiger partial charge in [-0.25, -0.2) is 0 Å². The molecule has 0 aliphatic heterocycles. The average Bonchev–Trinajstić information content (AvgIpc) is 2.47. The molecule has 2 rings (SSSR count). The van der Waals surface area contributed by atoms with Gasteiger partial charge in [0.2, 0.25) is 0 Å². The Labute approximate surface area is 126 Å². The third-order valence-electron chi connectivity index (χ3n) is 3.59. The zero-order chi connectivity index (χ0) is 15.4. The number of aliphatic hydroxyl groups excluding tert-OH is 1. The van der Waals surface area contributed by atoms with E-state index in [1.807, 2.05) is 44.2 Å². The summed E-state index contributed by atoms with van der Waals surface area (Å²) in [5.74, 6) is 0.723. The molecule has 0 saturated carbocycles. The molecule has 0 aliphatic carbocycles. The number of benzene rings is 2. The van der Waals surface area contributed by atoms with Crippen LogP contribution in [0.3, 0.4) is 0 Å². The molecule has 3 nitrogen and oxygen atoms in total. The highest BCUT2D eigenvalue weighted by atomic mass is 16.5. The van der Waals surface area contributed by atoms with Crippen molar-refractivity contribution in [1.29, 1.82) is 0 Å². The molecule has 0 amide bonds. The van der Waals surface area contributed by atoms with Crippen LogP contribution >= 0.6 is 0 Å². The van der Waals surface area contributed by atoms with Crippen molar-refractivity contribution < 1.29 is 14.6 Å². The number of ether oxygens (including phenoxy) is 2. The third-order valence-corrected chi connectivity index (χ3v) is 3.59. The summed E-state index contributed by atoms with van der Waals surface area (Å²) < 4.78 is 10.5. The highest BCUT2D eigenvalue weighted by molar-refractivity contribution is 5.47. The number of hydrogen-bond acceptors (Lipinski definition) is 3. The van der Waals surface area contributed by atoms with Crippen LogP contribution in [0.15, 0.2) is 36.4 Å². The maximum atomic E-state index is 10.7. The molecule has 0 spiro atoms. The predicted octanol–water partition coefficient (Wildman–Crippen LogP) is 3.54. The molecule has 2 aromatic rings. The van der Waals surface area contributed by atoms with Crippen LogP contribution in [-0.2, 0) is 11.3 Å². The number of methoxy groups -OCH3 is 2. The van der Waals surface area contributed by atoms with E-state index in [-0.39, 0.29) is 0 Å². The fourth-order valence-corrected chi connectivity index (χ4v) is 2.59. The van der Waals surface area contributed by atoms with Gasteiger partial charge in [0, 0.05) is 12.7 Å². The maximum absolute atomic E-state index is 10.7. The van der Waals surface area contributed by atoms with Gasteiger partial charge >= 0.3 is 0 Å². The number of aliphatic hydroxyl groups is 1. The Morgan fingerprint density at radius 1 is 1.05 bits per heavy atom. The van der Waals surface area contributed by atoms with E-state index in [1.54, 1.807) is 14.2 Å². The van der Waals surface area contributed by atoms with Gasteiger partial charge in [-0.15, -0.1) is 0 Å². The fraction of sp³-hybridized carbons (Fsp3) is 0.333. The molecule has 3 heteroatoms. The average molecular weight is 286 g/mol. The van der Waals surface area contributed by atoms with Crippen molar-refractivity contribution in [2.75, 3.05) is 14.2 Å². The third kappa shape index (κ3) is 3.43. The Morgan fingerprint density at radius 3 is 2.29 bits per heavy atom. The van der Waals surface area contributed by atoms with E-state index < -0.39 is 6.10 Å². The Hall–Kier alpha value is -1.84. The molecule has 0 heterocycles. The molecule has 2 aromatic carbocycles. The summed E-state index contributed by atoms with van der Waals surface area (Å²) in [4.78, 5) is 0. The van der Waals surface area contributed by atoms with Crippen LogP contribution in [0.1, 0.15) is 33.9 Å². The lowest BCUT2D eigenvalue weighted by atomic mass is 9.94. The number of aryl methyl sites for hydroxylation is 2. The second kappa shape index (κ2) is 6.74. The molecule has 1 atom stereocenters. The maximum Gasteiger partial charge on any atom is 0.125 e. The molecule has 0 bridgehead atoms. The summed E-state index contributed by atoms with van der Waals surface area (Å²) in [7, 11) is 3.30. The number of rotatable bonds is 5. The first-order valence-corrected chi connectivity index (χ1v) is 6.97. The summed E-state index contributed by atoms with van der Waals surface area (Å²) in [6, 6.07) is 11.8. The monoisotopic (exact) mass is 286 g/mol. The minimum atomic E-state index is -0.697. The molecule has 0 aromatic heterocycles. The van der Waals surface area contributed by atoms with Crippen molar-refractivity contribution in [3.63, 3.8) is 0 Å². The lowest BCUT2D eigenvalue weighted by molar-refractivity contribution is 0.184. The Kier molecular flexibility index (Phi) is 4.99. The van der Waals surface area contributed by atoms with Crippen molar-refractivity contribution in [2.45, 2.75) is 26.6 Å². The minimum Gasteiger partial charge on any atom is -0.496 e. The molecule has 0 fully saturated rings. The highest BCUT2D eigenvalue weighted by Crippen LogP contribution is 2.33. The summed E-state index contributed by atoms with van der Waals surface area (Å²) >= 11 is 0. The highest BCUT2D eigenvalue weighted by Gasteiger charge is 2.18. The first kappa shape index (κ1) is 15.5. The minimum absolute atomic E-state index is 0.573. The van der Waals surface area contributed by atoms with Gasteiger partial charge in [-0.05, 0) is 42.2 Å². The van der Waals surface area contributed by atoms with Crippen LogP contribution in [0, 0.1) is 13.8 Å². The van der Waals surface area contributed by atoms with E-state index in [1.165, 1.54) is 0 Å². The van der Waals surface area contributed by atoms with Gasteiger partial charge in [-0.2, -0.15) is 0 Å². The second-order valence-corrected chi connectivity index (χ2v) is 5.27. The van der Waals surface area contributed by atoms with Crippen LogP contribution in [0.2, 0.25) is 0 Å².